The number of hydrogen-bond donors (Lipinski definition) is 1. The molecular weight excluding hydrogens is 148 g/mol. The SMILES string of the molecule is CC(C)C(C)(N)c1ccccn1. The van der Waals surface area contributed by atoms with E-state index in [1.807, 2.05) is 25.1 Å². The molecule has 1 atom stereocenters. The maximum atomic E-state index is 6.12. The molecule has 12 heavy (non-hydrogen) atoms. The van der Waals surface area contributed by atoms with Crippen molar-refractivity contribution in [1.82, 2.24) is 4.98 Å². The van der Waals surface area contributed by atoms with Gasteiger partial charge in [0.2, 0.25) is 0 Å². The highest BCUT2D eigenvalue weighted by molar-refractivity contribution is 5.14. The summed E-state index contributed by atoms with van der Waals surface area (Å²) in [5.74, 6) is 0.396. The van der Waals surface area contributed by atoms with E-state index >= 15 is 0 Å². The van der Waals surface area contributed by atoms with Crippen LogP contribution in [0.25, 0.3) is 0 Å². The fraction of sp³-hybridized carbons (Fsp3) is 0.500. The van der Waals surface area contributed by atoms with E-state index in [0.717, 1.165) is 5.69 Å². The molecule has 66 valence electrons. The standard InChI is InChI=1S/C10H16N2/c1-8(2)10(3,11)9-6-4-5-7-12-9/h4-8H,11H2,1-3H3. The van der Waals surface area contributed by atoms with Gasteiger partial charge in [0.25, 0.3) is 0 Å². The Bertz CT molecular complexity index is 239. The molecule has 0 saturated heterocycles. The molecule has 0 spiro atoms. The molecule has 1 rings (SSSR count). The lowest BCUT2D eigenvalue weighted by Crippen LogP contribution is -2.39. The summed E-state index contributed by atoms with van der Waals surface area (Å²) >= 11 is 0. The molecule has 1 aromatic rings. The van der Waals surface area contributed by atoms with Crippen LogP contribution in [0.2, 0.25) is 0 Å². The molecule has 2 nitrogen and oxygen atoms in total. The van der Waals surface area contributed by atoms with Crippen LogP contribution in [-0.4, -0.2) is 4.98 Å². The first kappa shape index (κ1) is 9.20. The van der Waals surface area contributed by atoms with Gasteiger partial charge in [-0.15, -0.1) is 0 Å². The highest BCUT2D eigenvalue weighted by atomic mass is 14.8. The second-order valence-corrected chi connectivity index (χ2v) is 3.65. The van der Waals surface area contributed by atoms with E-state index in [9.17, 15) is 0 Å². The van der Waals surface area contributed by atoms with Crippen LogP contribution >= 0.6 is 0 Å². The van der Waals surface area contributed by atoms with Crippen LogP contribution < -0.4 is 5.73 Å². The summed E-state index contributed by atoms with van der Waals surface area (Å²) in [7, 11) is 0. The monoisotopic (exact) mass is 164 g/mol. The first-order valence-electron chi connectivity index (χ1n) is 4.25. The number of nitrogens with two attached hydrogens (primary N) is 1. The Kier molecular flexibility index (Phi) is 2.48. The fourth-order valence-corrected chi connectivity index (χ4v) is 0.977. The molecule has 1 unspecified atom stereocenters. The molecule has 0 aromatic carbocycles. The van der Waals surface area contributed by atoms with E-state index in [2.05, 4.69) is 18.8 Å². The minimum Gasteiger partial charge on any atom is -0.320 e. The van der Waals surface area contributed by atoms with Gasteiger partial charge in [-0.1, -0.05) is 19.9 Å². The average molecular weight is 164 g/mol. The molecule has 0 aliphatic heterocycles. The molecule has 0 saturated carbocycles. The molecule has 1 aromatic heterocycles. The van der Waals surface area contributed by atoms with E-state index < -0.39 is 0 Å². The predicted molar refractivity (Wildman–Crippen MR) is 50.6 cm³/mol. The van der Waals surface area contributed by atoms with E-state index in [-0.39, 0.29) is 5.54 Å². The van der Waals surface area contributed by atoms with Crippen molar-refractivity contribution in [2.45, 2.75) is 26.3 Å². The number of pyridine rings is 1. The summed E-state index contributed by atoms with van der Waals surface area (Å²) in [6.45, 7) is 6.23. The van der Waals surface area contributed by atoms with Crippen LogP contribution in [0.3, 0.4) is 0 Å². The van der Waals surface area contributed by atoms with Crippen LogP contribution in [0.5, 0.6) is 0 Å². The van der Waals surface area contributed by atoms with Crippen molar-refractivity contribution in [2.75, 3.05) is 0 Å². The van der Waals surface area contributed by atoms with Crippen molar-refractivity contribution in [2.24, 2.45) is 11.7 Å². The van der Waals surface area contributed by atoms with Crippen LogP contribution in [0, 0.1) is 5.92 Å². The fourth-order valence-electron chi connectivity index (χ4n) is 0.977. The number of hydrogen-bond acceptors (Lipinski definition) is 2. The zero-order chi connectivity index (χ0) is 9.19. The lowest BCUT2D eigenvalue weighted by molar-refractivity contribution is 0.341. The lowest BCUT2D eigenvalue weighted by Gasteiger charge is -2.28. The van der Waals surface area contributed by atoms with Crippen molar-refractivity contribution in [1.29, 1.82) is 0 Å². The van der Waals surface area contributed by atoms with Gasteiger partial charge in [0.1, 0.15) is 0 Å². The molecule has 0 aliphatic rings. The molecule has 0 bridgehead atoms. The highest BCUT2D eigenvalue weighted by Gasteiger charge is 2.26. The van der Waals surface area contributed by atoms with Gasteiger partial charge in [-0.3, -0.25) is 4.98 Å². The summed E-state index contributed by atoms with van der Waals surface area (Å²) in [4.78, 5) is 4.25. The van der Waals surface area contributed by atoms with Crippen molar-refractivity contribution >= 4 is 0 Å². The van der Waals surface area contributed by atoms with Gasteiger partial charge in [0.15, 0.2) is 0 Å². The Balaban J connectivity index is 2.98. The molecular formula is C10H16N2. The minimum atomic E-state index is -0.318. The Morgan fingerprint density at radius 3 is 2.50 bits per heavy atom. The van der Waals surface area contributed by atoms with Crippen molar-refractivity contribution in [3.8, 4) is 0 Å². The van der Waals surface area contributed by atoms with Gasteiger partial charge in [0, 0.05) is 6.20 Å². The van der Waals surface area contributed by atoms with Crippen molar-refractivity contribution < 1.29 is 0 Å². The second kappa shape index (κ2) is 3.23. The van der Waals surface area contributed by atoms with E-state index in [4.69, 9.17) is 5.73 Å². The van der Waals surface area contributed by atoms with Gasteiger partial charge in [-0.05, 0) is 25.0 Å². The molecule has 0 aliphatic carbocycles. The first-order valence-corrected chi connectivity index (χ1v) is 4.25. The molecule has 2 N–H and O–H groups in total. The smallest absolute Gasteiger partial charge is 0.0602 e. The van der Waals surface area contributed by atoms with Gasteiger partial charge in [-0.25, -0.2) is 0 Å². The second-order valence-electron chi connectivity index (χ2n) is 3.65. The van der Waals surface area contributed by atoms with Crippen molar-refractivity contribution in [3.63, 3.8) is 0 Å². The Morgan fingerprint density at radius 2 is 2.08 bits per heavy atom. The van der Waals surface area contributed by atoms with Crippen LogP contribution in [0.4, 0.5) is 0 Å². The van der Waals surface area contributed by atoms with Gasteiger partial charge < -0.3 is 5.73 Å². The quantitative estimate of drug-likeness (QED) is 0.725. The number of nitrogens with zero attached hydrogens (tertiary/aromatic N) is 1. The highest BCUT2D eigenvalue weighted by Crippen LogP contribution is 2.23. The Labute approximate surface area is 73.8 Å². The summed E-state index contributed by atoms with van der Waals surface area (Å²) in [5, 5.41) is 0. The maximum Gasteiger partial charge on any atom is 0.0602 e. The lowest BCUT2D eigenvalue weighted by atomic mass is 9.86. The zero-order valence-corrected chi connectivity index (χ0v) is 7.91. The van der Waals surface area contributed by atoms with E-state index in [0.29, 0.717) is 5.92 Å². The Morgan fingerprint density at radius 1 is 1.42 bits per heavy atom. The molecule has 1 heterocycles. The number of rotatable bonds is 2. The summed E-state index contributed by atoms with van der Waals surface area (Å²) in [6.07, 6.45) is 1.78. The largest absolute Gasteiger partial charge is 0.320 e. The zero-order valence-electron chi connectivity index (χ0n) is 7.91. The Hall–Kier alpha value is -0.890. The summed E-state index contributed by atoms with van der Waals surface area (Å²) in [5.41, 5.74) is 6.76. The molecule has 0 fully saturated rings. The predicted octanol–water partition coefficient (Wildman–Crippen LogP) is 1.91. The van der Waals surface area contributed by atoms with Crippen LogP contribution in [-0.2, 0) is 5.54 Å². The molecule has 0 radical (unpaired) electrons. The normalized spacial score (nSPS) is 16.1. The van der Waals surface area contributed by atoms with Crippen LogP contribution in [0.1, 0.15) is 26.5 Å². The third-order valence-electron chi connectivity index (χ3n) is 2.42. The van der Waals surface area contributed by atoms with Gasteiger partial charge in [-0.2, -0.15) is 0 Å². The van der Waals surface area contributed by atoms with E-state index in [1.54, 1.807) is 6.20 Å². The number of aromatic nitrogens is 1. The third kappa shape index (κ3) is 1.64. The van der Waals surface area contributed by atoms with Gasteiger partial charge >= 0.3 is 0 Å². The van der Waals surface area contributed by atoms with E-state index in [1.165, 1.54) is 0 Å². The van der Waals surface area contributed by atoms with Crippen molar-refractivity contribution in [3.05, 3.63) is 30.1 Å². The maximum absolute atomic E-state index is 6.12. The minimum absolute atomic E-state index is 0.318. The molecule has 0 amide bonds. The summed E-state index contributed by atoms with van der Waals surface area (Å²) < 4.78 is 0. The third-order valence-corrected chi connectivity index (χ3v) is 2.42. The van der Waals surface area contributed by atoms with Crippen LogP contribution in [0.15, 0.2) is 24.4 Å². The topological polar surface area (TPSA) is 38.9 Å². The molecule has 2 heteroatoms. The first-order chi connectivity index (χ1) is 5.55. The summed E-state index contributed by atoms with van der Waals surface area (Å²) in [6, 6.07) is 5.84. The average Bonchev–Trinajstić information content (AvgIpc) is 2.06. The van der Waals surface area contributed by atoms with Gasteiger partial charge in [0.05, 0.1) is 11.2 Å².